The summed E-state index contributed by atoms with van der Waals surface area (Å²) in [5, 5.41) is 37.8. The summed E-state index contributed by atoms with van der Waals surface area (Å²) in [6.07, 6.45) is 7.24. The summed E-state index contributed by atoms with van der Waals surface area (Å²) in [6, 6.07) is 0. The summed E-state index contributed by atoms with van der Waals surface area (Å²) >= 11 is 0. The molecule has 4 atom stereocenters. The Morgan fingerprint density at radius 1 is 0.767 bits per heavy atom. The fourth-order valence-electron chi connectivity index (χ4n) is 3.14. The highest BCUT2D eigenvalue weighted by Crippen LogP contribution is 2.13. The molecule has 0 aliphatic rings. The minimum absolute atomic E-state index is 0.300. The van der Waals surface area contributed by atoms with E-state index in [4.69, 9.17) is 14.4 Å². The fourth-order valence-corrected chi connectivity index (χ4v) is 3.62. The largest absolute Gasteiger partial charge is 0.397 e. The molecule has 30 heavy (non-hydrogen) atoms. The number of aliphatic hydroxyl groups excluding tert-OH is 4. The van der Waals surface area contributed by atoms with E-state index in [0.717, 1.165) is 25.7 Å². The second-order valence-corrected chi connectivity index (χ2v) is 8.81. The molecule has 0 aliphatic carbocycles. The lowest BCUT2D eigenvalue weighted by Gasteiger charge is -2.27. The molecule has 0 bridgehead atoms. The van der Waals surface area contributed by atoms with Crippen LogP contribution in [0, 0.1) is 0 Å². The maximum absolute atomic E-state index is 10.9. The number of ether oxygens (including phenoxy) is 1. The summed E-state index contributed by atoms with van der Waals surface area (Å²) in [7, 11) is -4.90. The minimum atomic E-state index is -4.90. The van der Waals surface area contributed by atoms with E-state index in [1.54, 1.807) is 0 Å². The highest BCUT2D eigenvalue weighted by Gasteiger charge is 2.34. The van der Waals surface area contributed by atoms with Crippen molar-refractivity contribution in [1.29, 1.82) is 0 Å². The topological polar surface area (TPSA) is 154 Å². The molecule has 0 spiro atoms. The van der Waals surface area contributed by atoms with Crippen LogP contribution in [0.15, 0.2) is 0 Å². The van der Waals surface area contributed by atoms with E-state index >= 15 is 0 Å². The van der Waals surface area contributed by atoms with Gasteiger partial charge in [-0.3, -0.25) is 4.55 Å². The minimum Gasteiger partial charge on any atom is -0.394 e. The molecule has 0 heterocycles. The second kappa shape index (κ2) is 18.3. The summed E-state index contributed by atoms with van der Waals surface area (Å²) in [5.74, 6) is 0. The lowest BCUT2D eigenvalue weighted by atomic mass is 10.0. The number of unbranched alkanes of at least 4 members (excludes halogenated alkanes) is 11. The lowest BCUT2D eigenvalue weighted by molar-refractivity contribution is -0.122. The normalized spacial score (nSPS) is 16.3. The number of rotatable bonds is 21. The van der Waals surface area contributed by atoms with Gasteiger partial charge in [0.1, 0.15) is 24.4 Å². The van der Waals surface area contributed by atoms with Crippen molar-refractivity contribution in [3.63, 3.8) is 0 Å². The van der Waals surface area contributed by atoms with Crippen LogP contribution in [0.4, 0.5) is 0 Å². The van der Waals surface area contributed by atoms with Gasteiger partial charge in [0.05, 0.1) is 13.2 Å². The van der Waals surface area contributed by atoms with Crippen LogP contribution < -0.4 is 0 Å². The van der Waals surface area contributed by atoms with Crippen molar-refractivity contribution in [2.45, 2.75) is 108 Å². The molecule has 182 valence electrons. The smallest absolute Gasteiger partial charge is 0.394 e. The zero-order chi connectivity index (χ0) is 22.8. The molecule has 5 N–H and O–H groups in total. The number of aliphatic hydroxyl groups is 4. The first-order valence-electron chi connectivity index (χ1n) is 11.1. The highest BCUT2D eigenvalue weighted by molar-refractivity contribution is 7.80. The van der Waals surface area contributed by atoms with Gasteiger partial charge in [0.15, 0.2) is 0 Å². The van der Waals surface area contributed by atoms with Gasteiger partial charge in [-0.05, 0) is 6.42 Å². The molecule has 0 aliphatic heterocycles. The number of hydrogen-bond acceptors (Lipinski definition) is 8. The molecule has 0 rings (SSSR count). The average Bonchev–Trinajstić information content (AvgIpc) is 2.70. The van der Waals surface area contributed by atoms with E-state index in [2.05, 4.69) is 11.1 Å². The first-order valence-corrected chi connectivity index (χ1v) is 12.5. The van der Waals surface area contributed by atoms with Gasteiger partial charge in [0.2, 0.25) is 0 Å². The van der Waals surface area contributed by atoms with Gasteiger partial charge in [0, 0.05) is 6.61 Å². The molecular weight excluding hydrogens is 416 g/mol. The molecule has 0 aromatic carbocycles. The van der Waals surface area contributed by atoms with Gasteiger partial charge in [-0.15, -0.1) is 0 Å². The summed E-state index contributed by atoms with van der Waals surface area (Å²) in [6.45, 7) is 1.27. The Bertz CT molecular complexity index is 487. The van der Waals surface area contributed by atoms with Gasteiger partial charge < -0.3 is 25.2 Å². The van der Waals surface area contributed by atoms with Crippen LogP contribution in [0.1, 0.15) is 84.0 Å². The molecule has 9 nitrogen and oxygen atoms in total. The lowest BCUT2D eigenvalue weighted by Crippen LogP contribution is -2.49. The summed E-state index contributed by atoms with van der Waals surface area (Å²) in [5.41, 5.74) is 0. The van der Waals surface area contributed by atoms with Gasteiger partial charge in [-0.1, -0.05) is 77.6 Å². The Morgan fingerprint density at radius 3 is 1.67 bits per heavy atom. The highest BCUT2D eigenvalue weighted by atomic mass is 32.3. The average molecular weight is 459 g/mol. The van der Waals surface area contributed by atoms with Crippen molar-refractivity contribution in [3.05, 3.63) is 0 Å². The quantitative estimate of drug-likeness (QED) is 0.128. The van der Waals surface area contributed by atoms with E-state index in [9.17, 15) is 23.7 Å². The van der Waals surface area contributed by atoms with E-state index in [1.165, 1.54) is 51.4 Å². The molecule has 0 aromatic rings. The van der Waals surface area contributed by atoms with Crippen LogP contribution >= 0.6 is 0 Å². The zero-order valence-corrected chi connectivity index (χ0v) is 19.0. The van der Waals surface area contributed by atoms with E-state index in [1.807, 2.05) is 0 Å². The van der Waals surface area contributed by atoms with Crippen LogP contribution in [0.3, 0.4) is 0 Å². The van der Waals surface area contributed by atoms with E-state index in [0.29, 0.717) is 6.61 Å². The van der Waals surface area contributed by atoms with Crippen molar-refractivity contribution in [2.75, 3.05) is 19.8 Å². The predicted octanol–water partition coefficient (Wildman–Crippen LogP) is 1.97. The van der Waals surface area contributed by atoms with Crippen LogP contribution in [-0.2, 0) is 19.3 Å². The fraction of sp³-hybridized carbons (Fsp3) is 1.00. The molecule has 0 fully saturated rings. The molecule has 0 aromatic heterocycles. The maximum Gasteiger partial charge on any atom is 0.397 e. The van der Waals surface area contributed by atoms with Crippen LogP contribution in [0.5, 0.6) is 0 Å². The zero-order valence-electron chi connectivity index (χ0n) is 18.2. The first kappa shape index (κ1) is 29.7. The molecule has 0 saturated carbocycles. The summed E-state index contributed by atoms with van der Waals surface area (Å²) < 4.78 is 40.3. The van der Waals surface area contributed by atoms with Crippen LogP contribution in [0.2, 0.25) is 0 Å². The third-order valence-electron chi connectivity index (χ3n) is 4.98. The Morgan fingerprint density at radius 2 is 1.23 bits per heavy atom. The standard InChI is InChI=1S/C20H42O9S/c1-2-3-4-5-6-7-8-9-10-11-12-13-14-28-16-18(29-30(25,26)27)20(24)19(23)17(22)15-21/h17-24H,2-16H2,1H3,(H,25,26,27)/t17-,18+,19-,20-/m1/s1. The van der Waals surface area contributed by atoms with Crippen LogP contribution in [0.25, 0.3) is 0 Å². The Labute approximate surface area is 181 Å². The summed E-state index contributed by atoms with van der Waals surface area (Å²) in [4.78, 5) is 0. The van der Waals surface area contributed by atoms with Crippen LogP contribution in [-0.4, -0.2) is 77.6 Å². The molecule has 10 heteroatoms. The molecular formula is C20H42O9S. The van der Waals surface area contributed by atoms with Crippen molar-refractivity contribution >= 4 is 10.4 Å². The van der Waals surface area contributed by atoms with E-state index in [-0.39, 0.29) is 0 Å². The van der Waals surface area contributed by atoms with Crippen molar-refractivity contribution < 1.29 is 42.3 Å². The van der Waals surface area contributed by atoms with Crippen molar-refractivity contribution in [3.8, 4) is 0 Å². The predicted molar refractivity (Wildman–Crippen MR) is 113 cm³/mol. The Hall–Kier alpha value is -0.330. The number of hydrogen-bond donors (Lipinski definition) is 5. The maximum atomic E-state index is 10.9. The second-order valence-electron chi connectivity index (χ2n) is 7.76. The molecule has 0 amide bonds. The molecule has 0 radical (unpaired) electrons. The van der Waals surface area contributed by atoms with Crippen molar-refractivity contribution in [2.24, 2.45) is 0 Å². The van der Waals surface area contributed by atoms with Gasteiger partial charge >= 0.3 is 10.4 Å². The van der Waals surface area contributed by atoms with E-state index < -0.39 is 48.0 Å². The SMILES string of the molecule is CCCCCCCCCCCCCCOC[C@H](OS(=O)(=O)O)[C@@H](O)[C@H](O)[C@H](O)CO. The third-order valence-corrected chi connectivity index (χ3v) is 5.47. The molecule has 0 unspecified atom stereocenters. The van der Waals surface area contributed by atoms with Gasteiger partial charge in [-0.25, -0.2) is 4.18 Å². The Balaban J connectivity index is 3.91. The monoisotopic (exact) mass is 458 g/mol. The van der Waals surface area contributed by atoms with Gasteiger partial charge in [-0.2, -0.15) is 8.42 Å². The third kappa shape index (κ3) is 16.4. The Kier molecular flexibility index (Phi) is 18.1. The van der Waals surface area contributed by atoms with Crippen molar-refractivity contribution in [1.82, 2.24) is 0 Å². The van der Waals surface area contributed by atoms with Gasteiger partial charge in [0.25, 0.3) is 0 Å². The molecule has 0 saturated heterocycles. The first-order chi connectivity index (χ1) is 14.2.